The van der Waals surface area contributed by atoms with E-state index in [-0.39, 0.29) is 29.3 Å². The van der Waals surface area contributed by atoms with Crippen LogP contribution in [0, 0.1) is 5.92 Å². The number of imidazole rings is 1. The SMILES string of the molecule is CC(C)(C)OC(=O)N1C[C@H]2CCN(S(=O)(=O)c3ccc(CNC(=O)c4ccc5nccn5c4)cc3)[C@H]2C1. The molecule has 11 heteroatoms. The minimum absolute atomic E-state index is 0.0957. The van der Waals surface area contributed by atoms with Crippen molar-refractivity contribution in [3.8, 4) is 0 Å². The summed E-state index contributed by atoms with van der Waals surface area (Å²) in [6.07, 6.45) is 5.45. The molecule has 2 fully saturated rings. The first kappa shape index (κ1) is 25.2. The summed E-state index contributed by atoms with van der Waals surface area (Å²) >= 11 is 0. The number of hydrogen-bond donors (Lipinski definition) is 1. The Morgan fingerprint density at radius 2 is 1.86 bits per heavy atom. The van der Waals surface area contributed by atoms with Crippen molar-refractivity contribution in [1.82, 2.24) is 23.9 Å². The molecular formula is C26H31N5O5S. The van der Waals surface area contributed by atoms with Crippen molar-refractivity contribution >= 4 is 27.7 Å². The first-order valence-electron chi connectivity index (χ1n) is 12.3. The highest BCUT2D eigenvalue weighted by Gasteiger charge is 2.48. The van der Waals surface area contributed by atoms with Gasteiger partial charge in [-0.15, -0.1) is 0 Å². The van der Waals surface area contributed by atoms with E-state index < -0.39 is 21.7 Å². The third-order valence-electron chi connectivity index (χ3n) is 6.78. The van der Waals surface area contributed by atoms with Gasteiger partial charge in [0.1, 0.15) is 11.2 Å². The topological polar surface area (TPSA) is 113 Å². The van der Waals surface area contributed by atoms with Crippen LogP contribution in [0.2, 0.25) is 0 Å². The Kier molecular flexibility index (Phi) is 6.45. The molecule has 2 saturated heterocycles. The van der Waals surface area contributed by atoms with E-state index >= 15 is 0 Å². The van der Waals surface area contributed by atoms with E-state index in [2.05, 4.69) is 10.3 Å². The van der Waals surface area contributed by atoms with Gasteiger partial charge in [-0.25, -0.2) is 18.2 Å². The maximum absolute atomic E-state index is 13.4. The number of pyridine rings is 1. The van der Waals surface area contributed by atoms with E-state index in [4.69, 9.17) is 4.74 Å². The Hall–Kier alpha value is -3.44. The summed E-state index contributed by atoms with van der Waals surface area (Å²) < 4.78 is 35.7. The average Bonchev–Trinajstić information content (AvgIpc) is 3.56. The summed E-state index contributed by atoms with van der Waals surface area (Å²) in [5.41, 5.74) is 1.44. The molecule has 0 spiro atoms. The number of likely N-dealkylation sites (tertiary alicyclic amines) is 1. The molecule has 2 aromatic heterocycles. The summed E-state index contributed by atoms with van der Waals surface area (Å²) in [7, 11) is -3.72. The van der Waals surface area contributed by atoms with Crippen LogP contribution in [0.5, 0.6) is 0 Å². The fraction of sp³-hybridized carbons (Fsp3) is 0.423. The van der Waals surface area contributed by atoms with Crippen LogP contribution < -0.4 is 5.32 Å². The minimum atomic E-state index is -3.72. The molecular weight excluding hydrogens is 494 g/mol. The average molecular weight is 526 g/mol. The summed E-state index contributed by atoms with van der Waals surface area (Å²) in [4.78, 5) is 31.0. The lowest BCUT2D eigenvalue weighted by Gasteiger charge is -2.26. The van der Waals surface area contributed by atoms with Crippen LogP contribution in [0.1, 0.15) is 43.1 Å². The van der Waals surface area contributed by atoms with Crippen LogP contribution in [-0.2, 0) is 21.3 Å². The molecule has 1 aromatic carbocycles. The van der Waals surface area contributed by atoms with E-state index in [0.29, 0.717) is 31.6 Å². The Labute approximate surface area is 216 Å². The zero-order valence-corrected chi connectivity index (χ0v) is 21.9. The molecule has 2 atom stereocenters. The second-order valence-electron chi connectivity index (χ2n) is 10.6. The lowest BCUT2D eigenvalue weighted by molar-refractivity contribution is 0.0278. The van der Waals surface area contributed by atoms with Crippen LogP contribution in [0.4, 0.5) is 4.79 Å². The number of hydrogen-bond acceptors (Lipinski definition) is 6. The fourth-order valence-electron chi connectivity index (χ4n) is 4.95. The van der Waals surface area contributed by atoms with Crippen LogP contribution in [0.15, 0.2) is 59.9 Å². The third kappa shape index (κ3) is 5.19. The molecule has 0 radical (unpaired) electrons. The molecule has 2 aliphatic heterocycles. The molecule has 2 amide bonds. The van der Waals surface area contributed by atoms with Gasteiger partial charge in [-0.05, 0) is 62.9 Å². The van der Waals surface area contributed by atoms with Gasteiger partial charge in [0.2, 0.25) is 10.0 Å². The number of nitrogens with one attached hydrogen (secondary N) is 1. The smallest absolute Gasteiger partial charge is 0.410 e. The standard InChI is InChI=1S/C26H31N5O5S/c1-26(2,3)36-25(33)30-15-19-10-12-31(22(19)17-30)37(34,35)21-7-4-18(5-8-21)14-28-24(32)20-6-9-23-27-11-13-29(23)16-20/h4-9,11,13,16,19,22H,10,12,14-15,17H2,1-3H3,(H,28,32)/t19-,22+/m1/s1. The maximum Gasteiger partial charge on any atom is 0.410 e. The highest BCUT2D eigenvalue weighted by molar-refractivity contribution is 7.89. The molecule has 0 unspecified atom stereocenters. The van der Waals surface area contributed by atoms with Crippen LogP contribution >= 0.6 is 0 Å². The van der Waals surface area contributed by atoms with Gasteiger partial charge in [0.15, 0.2) is 0 Å². The molecule has 5 rings (SSSR count). The fourth-order valence-corrected chi connectivity index (χ4v) is 6.64. The van der Waals surface area contributed by atoms with E-state index in [9.17, 15) is 18.0 Å². The second kappa shape index (κ2) is 9.46. The molecule has 37 heavy (non-hydrogen) atoms. The Bertz CT molecular complexity index is 1430. The number of fused-ring (bicyclic) bond motifs is 2. The number of amides is 2. The van der Waals surface area contributed by atoms with Gasteiger partial charge in [0.05, 0.1) is 10.5 Å². The number of benzene rings is 1. The van der Waals surface area contributed by atoms with Crippen molar-refractivity contribution in [2.45, 2.75) is 50.3 Å². The number of sulfonamides is 1. The largest absolute Gasteiger partial charge is 0.444 e. The Morgan fingerprint density at radius 1 is 1.11 bits per heavy atom. The van der Waals surface area contributed by atoms with Gasteiger partial charge in [0, 0.05) is 50.8 Å². The predicted molar refractivity (Wildman–Crippen MR) is 136 cm³/mol. The lowest BCUT2D eigenvalue weighted by Crippen LogP contribution is -2.41. The Balaban J connectivity index is 1.21. The minimum Gasteiger partial charge on any atom is -0.444 e. The van der Waals surface area contributed by atoms with Gasteiger partial charge < -0.3 is 19.4 Å². The van der Waals surface area contributed by atoms with Gasteiger partial charge in [-0.1, -0.05) is 12.1 Å². The summed E-state index contributed by atoms with van der Waals surface area (Å²) in [6, 6.07) is 9.79. The molecule has 0 aliphatic carbocycles. The highest BCUT2D eigenvalue weighted by Crippen LogP contribution is 2.36. The highest BCUT2D eigenvalue weighted by atomic mass is 32.2. The van der Waals surface area contributed by atoms with Crippen LogP contribution in [-0.4, -0.2) is 70.3 Å². The number of nitrogens with zero attached hydrogens (tertiary/aromatic N) is 4. The predicted octanol–water partition coefficient (Wildman–Crippen LogP) is 2.89. The second-order valence-corrected chi connectivity index (χ2v) is 12.4. The first-order valence-corrected chi connectivity index (χ1v) is 13.7. The van der Waals surface area contributed by atoms with E-state index in [1.807, 2.05) is 20.8 Å². The normalized spacial score (nSPS) is 20.2. The van der Waals surface area contributed by atoms with Crippen molar-refractivity contribution in [2.24, 2.45) is 5.92 Å². The number of carbonyl (C=O) groups is 2. The molecule has 3 aromatic rings. The van der Waals surface area contributed by atoms with Crippen molar-refractivity contribution in [1.29, 1.82) is 0 Å². The number of rotatable bonds is 5. The first-order chi connectivity index (χ1) is 17.5. The molecule has 2 aliphatic rings. The summed E-state index contributed by atoms with van der Waals surface area (Å²) in [5.74, 6) is -0.135. The van der Waals surface area contributed by atoms with Gasteiger partial charge >= 0.3 is 6.09 Å². The zero-order chi connectivity index (χ0) is 26.4. The van der Waals surface area contributed by atoms with E-state index in [1.165, 1.54) is 4.31 Å². The molecule has 1 N–H and O–H groups in total. The molecule has 10 nitrogen and oxygen atoms in total. The van der Waals surface area contributed by atoms with Gasteiger partial charge in [-0.2, -0.15) is 4.31 Å². The van der Waals surface area contributed by atoms with Crippen LogP contribution in [0.3, 0.4) is 0 Å². The molecule has 196 valence electrons. The van der Waals surface area contributed by atoms with Crippen molar-refractivity contribution in [3.63, 3.8) is 0 Å². The lowest BCUT2D eigenvalue weighted by atomic mass is 10.1. The monoisotopic (exact) mass is 525 g/mol. The van der Waals surface area contributed by atoms with Gasteiger partial charge in [-0.3, -0.25) is 4.79 Å². The number of carbonyl (C=O) groups excluding carboxylic acids is 2. The molecule has 0 bridgehead atoms. The number of ether oxygens (including phenoxy) is 1. The third-order valence-corrected chi connectivity index (χ3v) is 8.72. The van der Waals surface area contributed by atoms with E-state index in [0.717, 1.165) is 11.2 Å². The molecule has 4 heterocycles. The summed E-state index contributed by atoms with van der Waals surface area (Å²) in [6.45, 7) is 6.96. The van der Waals surface area contributed by atoms with Crippen molar-refractivity contribution < 1.29 is 22.7 Å². The zero-order valence-electron chi connectivity index (χ0n) is 21.1. The number of aromatic nitrogens is 2. The Morgan fingerprint density at radius 3 is 2.59 bits per heavy atom. The molecule has 0 saturated carbocycles. The van der Waals surface area contributed by atoms with E-state index in [1.54, 1.807) is 64.3 Å². The maximum atomic E-state index is 13.4. The quantitative estimate of drug-likeness (QED) is 0.548. The van der Waals surface area contributed by atoms with Gasteiger partial charge in [0.25, 0.3) is 5.91 Å². The van der Waals surface area contributed by atoms with Crippen molar-refractivity contribution in [3.05, 3.63) is 66.1 Å². The van der Waals surface area contributed by atoms with Crippen LogP contribution in [0.25, 0.3) is 5.65 Å². The van der Waals surface area contributed by atoms with Crippen molar-refractivity contribution in [2.75, 3.05) is 19.6 Å². The summed E-state index contributed by atoms with van der Waals surface area (Å²) in [5, 5.41) is 2.87.